The van der Waals surface area contributed by atoms with Gasteiger partial charge in [-0.25, -0.2) is 4.68 Å². The molecule has 1 fully saturated rings. The van der Waals surface area contributed by atoms with E-state index >= 15 is 0 Å². The highest BCUT2D eigenvalue weighted by Gasteiger charge is 2.28. The van der Waals surface area contributed by atoms with E-state index in [0.717, 1.165) is 24.4 Å². The number of carbonyl (C=O) groups excluding carboxylic acids is 1. The highest BCUT2D eigenvalue weighted by molar-refractivity contribution is 5.96. The monoisotopic (exact) mass is 283 g/mol. The van der Waals surface area contributed by atoms with Crippen molar-refractivity contribution in [3.63, 3.8) is 0 Å². The molecule has 1 saturated carbocycles. The van der Waals surface area contributed by atoms with Gasteiger partial charge in [0.05, 0.1) is 11.9 Å². The minimum atomic E-state index is 0.133. The van der Waals surface area contributed by atoms with Gasteiger partial charge in [0.2, 0.25) is 0 Å². The van der Waals surface area contributed by atoms with E-state index in [0.29, 0.717) is 5.69 Å². The largest absolute Gasteiger partial charge is 0.292 e. The van der Waals surface area contributed by atoms with Crippen LogP contribution in [0.2, 0.25) is 0 Å². The molecule has 0 radical (unpaired) electrons. The summed E-state index contributed by atoms with van der Waals surface area (Å²) in [5.74, 6) is 1.12. The number of Topliss-reactive ketones (excluding diaryl/α,β-unsaturated/α-hetero) is 1. The molecule has 3 rings (SSSR count). The number of rotatable bonds is 4. The maximum atomic E-state index is 12.7. The molecule has 21 heavy (non-hydrogen) atoms. The second-order valence-corrected chi connectivity index (χ2v) is 5.86. The van der Waals surface area contributed by atoms with E-state index in [1.165, 1.54) is 19.3 Å². The summed E-state index contributed by atoms with van der Waals surface area (Å²) in [6.07, 6.45) is 7.15. The van der Waals surface area contributed by atoms with Gasteiger partial charge in [-0.05, 0) is 43.7 Å². The number of ketones is 1. The van der Waals surface area contributed by atoms with Crippen LogP contribution in [0.25, 0.3) is 5.69 Å². The molecule has 0 amide bonds. The van der Waals surface area contributed by atoms with Gasteiger partial charge in [0.15, 0.2) is 5.78 Å². The normalized spacial score (nSPS) is 22.1. The van der Waals surface area contributed by atoms with Crippen molar-refractivity contribution in [3.8, 4) is 5.69 Å². The molecule has 0 aliphatic heterocycles. The van der Waals surface area contributed by atoms with Crippen LogP contribution in [-0.2, 0) is 0 Å². The van der Waals surface area contributed by atoms with Gasteiger partial charge in [0.25, 0.3) is 0 Å². The van der Waals surface area contributed by atoms with E-state index < -0.39 is 0 Å². The molecule has 1 aromatic carbocycles. The third kappa shape index (κ3) is 2.89. The lowest BCUT2D eigenvalue weighted by atomic mass is 9.78. The second-order valence-electron chi connectivity index (χ2n) is 5.86. The van der Waals surface area contributed by atoms with Crippen molar-refractivity contribution < 1.29 is 4.79 Å². The first-order valence-corrected chi connectivity index (χ1v) is 7.80. The fourth-order valence-corrected chi connectivity index (χ4v) is 3.20. The van der Waals surface area contributed by atoms with Crippen LogP contribution in [-0.4, -0.2) is 20.8 Å². The highest BCUT2D eigenvalue weighted by Crippen LogP contribution is 2.32. The Morgan fingerprint density at radius 2 is 1.90 bits per heavy atom. The number of para-hydroxylation sites is 1. The maximum absolute atomic E-state index is 12.7. The Morgan fingerprint density at radius 1 is 1.19 bits per heavy atom. The molecular formula is C17H21N3O. The van der Waals surface area contributed by atoms with Gasteiger partial charge >= 0.3 is 0 Å². The standard InChI is InChI=1S/C17H21N3O/c1-2-13-8-10-14(11-9-13)17(21)16-12-18-19-20(16)15-6-4-3-5-7-15/h3-7,12-14H,2,8-11H2,1H3. The van der Waals surface area contributed by atoms with Crippen LogP contribution < -0.4 is 0 Å². The molecule has 1 aliphatic carbocycles. The molecule has 0 unspecified atom stereocenters. The molecule has 1 aliphatic rings. The molecule has 0 N–H and O–H groups in total. The number of benzene rings is 1. The van der Waals surface area contributed by atoms with Crippen molar-refractivity contribution in [1.29, 1.82) is 0 Å². The Bertz CT molecular complexity index is 598. The third-order valence-corrected chi connectivity index (χ3v) is 4.60. The number of carbonyl (C=O) groups is 1. The molecule has 1 aromatic heterocycles. The summed E-state index contributed by atoms with van der Waals surface area (Å²) in [5, 5.41) is 8.02. The zero-order chi connectivity index (χ0) is 14.7. The Balaban J connectivity index is 1.79. The van der Waals surface area contributed by atoms with Gasteiger partial charge < -0.3 is 0 Å². The topological polar surface area (TPSA) is 47.8 Å². The fourth-order valence-electron chi connectivity index (χ4n) is 3.20. The molecule has 0 atom stereocenters. The summed E-state index contributed by atoms with van der Waals surface area (Å²) in [5.41, 5.74) is 1.50. The molecule has 0 saturated heterocycles. The summed E-state index contributed by atoms with van der Waals surface area (Å²) in [7, 11) is 0. The first kappa shape index (κ1) is 14.0. The number of nitrogens with zero attached hydrogens (tertiary/aromatic N) is 3. The van der Waals surface area contributed by atoms with Gasteiger partial charge in [-0.3, -0.25) is 4.79 Å². The smallest absolute Gasteiger partial charge is 0.186 e. The number of hydrogen-bond acceptors (Lipinski definition) is 3. The summed E-state index contributed by atoms with van der Waals surface area (Å²) in [6.45, 7) is 2.24. The molecular weight excluding hydrogens is 262 g/mol. The van der Waals surface area contributed by atoms with Crippen LogP contribution in [0, 0.1) is 11.8 Å². The van der Waals surface area contributed by atoms with Crippen LogP contribution in [0.3, 0.4) is 0 Å². The molecule has 4 heteroatoms. The van der Waals surface area contributed by atoms with Crippen molar-refractivity contribution >= 4 is 5.78 Å². The molecule has 0 spiro atoms. The van der Waals surface area contributed by atoms with Crippen molar-refractivity contribution in [2.24, 2.45) is 11.8 Å². The summed E-state index contributed by atoms with van der Waals surface area (Å²) < 4.78 is 1.66. The summed E-state index contributed by atoms with van der Waals surface area (Å²) in [4.78, 5) is 12.7. The summed E-state index contributed by atoms with van der Waals surface area (Å²) in [6, 6.07) is 9.72. The fraction of sp³-hybridized carbons (Fsp3) is 0.471. The maximum Gasteiger partial charge on any atom is 0.186 e. The second kappa shape index (κ2) is 6.20. The lowest BCUT2D eigenvalue weighted by molar-refractivity contribution is 0.0863. The van der Waals surface area contributed by atoms with Crippen LogP contribution in [0.4, 0.5) is 0 Å². The van der Waals surface area contributed by atoms with Gasteiger partial charge in [0.1, 0.15) is 5.69 Å². The molecule has 110 valence electrons. The van der Waals surface area contributed by atoms with E-state index in [9.17, 15) is 4.79 Å². The van der Waals surface area contributed by atoms with E-state index in [-0.39, 0.29) is 11.7 Å². The van der Waals surface area contributed by atoms with Crippen LogP contribution in [0.15, 0.2) is 36.5 Å². The SMILES string of the molecule is CCC1CCC(C(=O)c2cnnn2-c2ccccc2)CC1. The van der Waals surface area contributed by atoms with Gasteiger partial charge in [-0.2, -0.15) is 0 Å². The summed E-state index contributed by atoms with van der Waals surface area (Å²) >= 11 is 0. The van der Waals surface area contributed by atoms with Gasteiger partial charge in [-0.15, -0.1) is 5.10 Å². The van der Waals surface area contributed by atoms with E-state index in [1.54, 1.807) is 10.9 Å². The average molecular weight is 283 g/mol. The van der Waals surface area contributed by atoms with Crippen LogP contribution in [0.5, 0.6) is 0 Å². The average Bonchev–Trinajstić information content (AvgIpc) is 3.04. The van der Waals surface area contributed by atoms with Crippen molar-refractivity contribution in [2.75, 3.05) is 0 Å². The zero-order valence-electron chi connectivity index (χ0n) is 12.4. The molecule has 2 aromatic rings. The van der Waals surface area contributed by atoms with E-state index in [2.05, 4.69) is 17.2 Å². The Labute approximate surface area is 125 Å². The Morgan fingerprint density at radius 3 is 2.57 bits per heavy atom. The lowest BCUT2D eigenvalue weighted by Gasteiger charge is -2.26. The minimum Gasteiger partial charge on any atom is -0.292 e. The molecule has 1 heterocycles. The third-order valence-electron chi connectivity index (χ3n) is 4.60. The highest BCUT2D eigenvalue weighted by atomic mass is 16.1. The van der Waals surface area contributed by atoms with Crippen molar-refractivity contribution in [2.45, 2.75) is 39.0 Å². The van der Waals surface area contributed by atoms with Gasteiger partial charge in [-0.1, -0.05) is 36.8 Å². The minimum absolute atomic E-state index is 0.133. The van der Waals surface area contributed by atoms with E-state index in [4.69, 9.17) is 0 Å². The Hall–Kier alpha value is -1.97. The predicted molar refractivity (Wildman–Crippen MR) is 81.4 cm³/mol. The number of hydrogen-bond donors (Lipinski definition) is 0. The van der Waals surface area contributed by atoms with Crippen molar-refractivity contribution in [1.82, 2.24) is 15.0 Å². The first-order chi connectivity index (χ1) is 10.3. The lowest BCUT2D eigenvalue weighted by Crippen LogP contribution is -2.23. The van der Waals surface area contributed by atoms with Crippen LogP contribution >= 0.6 is 0 Å². The van der Waals surface area contributed by atoms with Crippen molar-refractivity contribution in [3.05, 3.63) is 42.2 Å². The molecule has 0 bridgehead atoms. The quantitative estimate of drug-likeness (QED) is 0.804. The number of aromatic nitrogens is 3. The first-order valence-electron chi connectivity index (χ1n) is 7.80. The van der Waals surface area contributed by atoms with Gasteiger partial charge in [0, 0.05) is 5.92 Å². The van der Waals surface area contributed by atoms with E-state index in [1.807, 2.05) is 30.3 Å². The van der Waals surface area contributed by atoms with Crippen LogP contribution in [0.1, 0.15) is 49.5 Å². The molecule has 4 nitrogen and oxygen atoms in total. The predicted octanol–water partition coefficient (Wildman–Crippen LogP) is 3.67. The Kier molecular flexibility index (Phi) is 4.13. The zero-order valence-corrected chi connectivity index (χ0v) is 12.4.